The third-order valence-electron chi connectivity index (χ3n) is 3.75. The monoisotopic (exact) mass is 279 g/mol. The van der Waals surface area contributed by atoms with Gasteiger partial charge in [-0.25, -0.2) is 4.39 Å². The van der Waals surface area contributed by atoms with E-state index in [1.807, 2.05) is 6.07 Å². The summed E-state index contributed by atoms with van der Waals surface area (Å²) in [5.41, 5.74) is 0.998. The Kier molecular flexibility index (Phi) is 4.71. The summed E-state index contributed by atoms with van der Waals surface area (Å²) in [5.74, 6) is 0.534. The van der Waals surface area contributed by atoms with Gasteiger partial charge < -0.3 is 0 Å². The van der Waals surface area contributed by atoms with E-state index in [-0.39, 0.29) is 16.8 Å². The molecule has 0 saturated heterocycles. The summed E-state index contributed by atoms with van der Waals surface area (Å²) in [7, 11) is -1.02. The summed E-state index contributed by atoms with van der Waals surface area (Å²) < 4.78 is 25.6. The van der Waals surface area contributed by atoms with Crippen molar-refractivity contribution in [1.29, 1.82) is 5.26 Å². The number of nitriles is 1. The average molecular weight is 279 g/mol. The molecule has 19 heavy (non-hydrogen) atoms. The van der Waals surface area contributed by atoms with Gasteiger partial charge in [-0.1, -0.05) is 19.8 Å². The molecule has 1 aliphatic rings. The van der Waals surface area contributed by atoms with Crippen molar-refractivity contribution in [2.45, 2.75) is 43.6 Å². The first kappa shape index (κ1) is 14.2. The van der Waals surface area contributed by atoms with Gasteiger partial charge in [-0.2, -0.15) is 5.26 Å². The van der Waals surface area contributed by atoms with Crippen LogP contribution in [0.4, 0.5) is 4.39 Å². The summed E-state index contributed by atoms with van der Waals surface area (Å²) >= 11 is 0. The van der Waals surface area contributed by atoms with Crippen molar-refractivity contribution in [3.8, 4) is 6.07 Å². The molecule has 0 radical (unpaired) electrons. The summed E-state index contributed by atoms with van der Waals surface area (Å²) in [5, 5.41) is 9.20. The molecule has 0 heterocycles. The Hall–Kier alpha value is -1.21. The van der Waals surface area contributed by atoms with Crippen LogP contribution >= 0.6 is 0 Å². The van der Waals surface area contributed by atoms with Crippen LogP contribution in [0, 0.1) is 23.1 Å². The second-order valence-corrected chi connectivity index (χ2v) is 7.05. The Labute approximate surface area is 116 Å². The van der Waals surface area contributed by atoms with Crippen LogP contribution in [0.5, 0.6) is 0 Å². The predicted molar refractivity (Wildman–Crippen MR) is 74.4 cm³/mol. The third-order valence-corrected chi connectivity index (χ3v) is 5.51. The van der Waals surface area contributed by atoms with Gasteiger partial charge in [0, 0.05) is 16.0 Å². The molecular weight excluding hydrogens is 261 g/mol. The fourth-order valence-electron chi connectivity index (χ4n) is 2.68. The second-order valence-electron chi connectivity index (χ2n) is 5.33. The van der Waals surface area contributed by atoms with Crippen LogP contribution in [0.1, 0.15) is 43.7 Å². The summed E-state index contributed by atoms with van der Waals surface area (Å²) in [6, 6.07) is 6.11. The molecule has 1 aliphatic carbocycles. The molecule has 1 aromatic rings. The SMILES string of the molecule is CC1CCCC(S(=O)Cc2cc(F)ccc2C#N)C1. The van der Waals surface area contributed by atoms with Gasteiger partial charge in [0.2, 0.25) is 0 Å². The lowest BCUT2D eigenvalue weighted by molar-refractivity contribution is 0.389. The van der Waals surface area contributed by atoms with Crippen molar-refractivity contribution in [3.63, 3.8) is 0 Å². The van der Waals surface area contributed by atoms with Crippen molar-refractivity contribution in [2.75, 3.05) is 0 Å². The van der Waals surface area contributed by atoms with Crippen LogP contribution in [-0.2, 0) is 16.6 Å². The van der Waals surface area contributed by atoms with Gasteiger partial charge in [0.05, 0.1) is 17.4 Å². The maximum atomic E-state index is 13.2. The zero-order valence-corrected chi connectivity index (χ0v) is 11.9. The minimum absolute atomic E-state index is 0.193. The van der Waals surface area contributed by atoms with Crippen molar-refractivity contribution in [2.24, 2.45) is 5.92 Å². The molecule has 0 spiro atoms. The quantitative estimate of drug-likeness (QED) is 0.849. The largest absolute Gasteiger partial charge is 0.259 e. The highest BCUT2D eigenvalue weighted by Crippen LogP contribution is 2.28. The van der Waals surface area contributed by atoms with Crippen LogP contribution in [0.15, 0.2) is 18.2 Å². The molecule has 0 N–H and O–H groups in total. The maximum absolute atomic E-state index is 13.2. The molecule has 0 aliphatic heterocycles. The molecule has 1 fully saturated rings. The van der Waals surface area contributed by atoms with E-state index in [1.54, 1.807) is 0 Å². The Morgan fingerprint density at radius 2 is 2.26 bits per heavy atom. The Morgan fingerprint density at radius 1 is 1.47 bits per heavy atom. The number of benzene rings is 1. The second kappa shape index (κ2) is 6.29. The van der Waals surface area contributed by atoms with E-state index >= 15 is 0 Å². The average Bonchev–Trinajstić information content (AvgIpc) is 2.39. The molecule has 3 atom stereocenters. The molecule has 1 aromatic carbocycles. The fraction of sp³-hybridized carbons (Fsp3) is 0.533. The molecule has 2 rings (SSSR count). The van der Waals surface area contributed by atoms with Gasteiger partial charge >= 0.3 is 0 Å². The maximum Gasteiger partial charge on any atom is 0.123 e. The first-order valence-electron chi connectivity index (χ1n) is 6.66. The van der Waals surface area contributed by atoms with Gasteiger partial charge in [0.15, 0.2) is 0 Å². The van der Waals surface area contributed by atoms with E-state index in [0.717, 1.165) is 19.3 Å². The molecule has 102 valence electrons. The van der Waals surface area contributed by atoms with E-state index in [1.165, 1.54) is 24.6 Å². The minimum Gasteiger partial charge on any atom is -0.259 e. The molecule has 1 saturated carbocycles. The van der Waals surface area contributed by atoms with Gasteiger partial charge in [-0.3, -0.25) is 4.21 Å². The van der Waals surface area contributed by atoms with Crippen molar-refractivity contribution in [3.05, 3.63) is 35.1 Å². The number of nitrogens with zero attached hydrogens (tertiary/aromatic N) is 1. The van der Waals surface area contributed by atoms with Crippen molar-refractivity contribution >= 4 is 10.8 Å². The minimum atomic E-state index is -1.02. The Balaban J connectivity index is 2.10. The van der Waals surface area contributed by atoms with Gasteiger partial charge in [-0.15, -0.1) is 0 Å². The third kappa shape index (κ3) is 3.63. The van der Waals surface area contributed by atoms with E-state index in [9.17, 15) is 8.60 Å². The van der Waals surface area contributed by atoms with Crippen molar-refractivity contribution in [1.82, 2.24) is 0 Å². The normalized spacial score (nSPS) is 24.7. The van der Waals surface area contributed by atoms with Crippen molar-refractivity contribution < 1.29 is 8.60 Å². The first-order valence-corrected chi connectivity index (χ1v) is 8.04. The highest BCUT2D eigenvalue weighted by molar-refractivity contribution is 7.84. The topological polar surface area (TPSA) is 40.9 Å². The van der Waals surface area contributed by atoms with Crippen LogP contribution in [0.3, 0.4) is 0 Å². The molecular formula is C15H18FNOS. The Morgan fingerprint density at radius 3 is 2.95 bits per heavy atom. The lowest BCUT2D eigenvalue weighted by Gasteiger charge is -2.26. The molecule has 2 nitrogen and oxygen atoms in total. The molecule has 0 bridgehead atoms. The fourth-order valence-corrected chi connectivity index (χ4v) is 4.43. The van der Waals surface area contributed by atoms with E-state index < -0.39 is 10.8 Å². The summed E-state index contributed by atoms with van der Waals surface area (Å²) in [4.78, 5) is 0. The zero-order chi connectivity index (χ0) is 13.8. The number of hydrogen-bond acceptors (Lipinski definition) is 2. The predicted octanol–water partition coefficient (Wildman–Crippen LogP) is 3.52. The van der Waals surface area contributed by atoms with E-state index in [2.05, 4.69) is 6.92 Å². The van der Waals surface area contributed by atoms with E-state index in [4.69, 9.17) is 5.26 Å². The highest BCUT2D eigenvalue weighted by atomic mass is 32.2. The zero-order valence-electron chi connectivity index (χ0n) is 11.1. The van der Waals surface area contributed by atoms with Crippen LogP contribution in [0.25, 0.3) is 0 Å². The number of hydrogen-bond donors (Lipinski definition) is 0. The van der Waals surface area contributed by atoms with Gasteiger partial charge in [-0.05, 0) is 42.5 Å². The van der Waals surface area contributed by atoms with Crippen LogP contribution in [0.2, 0.25) is 0 Å². The number of halogens is 1. The van der Waals surface area contributed by atoms with Crippen LogP contribution < -0.4 is 0 Å². The number of rotatable bonds is 3. The first-order chi connectivity index (χ1) is 9.10. The smallest absolute Gasteiger partial charge is 0.123 e. The molecule has 0 amide bonds. The Bertz CT molecular complexity index is 523. The highest BCUT2D eigenvalue weighted by Gasteiger charge is 2.24. The summed E-state index contributed by atoms with van der Waals surface area (Å²) in [6.45, 7) is 2.19. The van der Waals surface area contributed by atoms with Gasteiger partial charge in [0.25, 0.3) is 0 Å². The van der Waals surface area contributed by atoms with Crippen LogP contribution in [-0.4, -0.2) is 9.46 Å². The molecule has 0 aromatic heterocycles. The molecule has 3 unspecified atom stereocenters. The lowest BCUT2D eigenvalue weighted by Crippen LogP contribution is -2.24. The lowest BCUT2D eigenvalue weighted by atomic mass is 9.91. The van der Waals surface area contributed by atoms with Gasteiger partial charge in [0.1, 0.15) is 5.82 Å². The standard InChI is InChI=1S/C15H18FNOS/c1-11-3-2-4-15(7-11)19(18)10-13-8-14(16)6-5-12(13)9-17/h5-6,8,11,15H,2-4,7,10H2,1H3. The van der Waals surface area contributed by atoms with E-state index in [0.29, 0.717) is 17.0 Å². The summed E-state index contributed by atoms with van der Waals surface area (Å²) in [6.07, 6.45) is 4.28. The molecule has 4 heteroatoms.